The average molecular weight is 365 g/mol. The molecular formula is C16H11BrClNO2. The molecular weight excluding hydrogens is 354 g/mol. The first kappa shape index (κ1) is 14.3. The zero-order valence-electron chi connectivity index (χ0n) is 10.9. The number of rotatable bonds is 3. The van der Waals surface area contributed by atoms with Gasteiger partial charge in [-0.1, -0.05) is 63.0 Å². The maximum absolute atomic E-state index is 9.72. The van der Waals surface area contributed by atoms with Gasteiger partial charge >= 0.3 is 0 Å². The van der Waals surface area contributed by atoms with E-state index in [0.29, 0.717) is 22.0 Å². The zero-order valence-corrected chi connectivity index (χ0v) is 13.2. The molecule has 0 amide bonds. The molecule has 5 heteroatoms. The Labute approximate surface area is 135 Å². The minimum atomic E-state index is -0.175. The Hall–Kier alpha value is -1.62. The predicted octanol–water partition coefficient (Wildman–Crippen LogP) is 4.92. The Kier molecular flexibility index (Phi) is 4.10. The smallest absolute Gasteiger partial charge is 0.173 e. The molecule has 0 unspecified atom stereocenters. The fraction of sp³-hybridized carbons (Fsp3) is 0.0625. The molecule has 0 spiro atoms. The lowest BCUT2D eigenvalue weighted by molar-refractivity contribution is 0.281. The molecule has 0 saturated heterocycles. The van der Waals surface area contributed by atoms with Crippen LogP contribution in [0.5, 0.6) is 0 Å². The second kappa shape index (κ2) is 6.02. The highest BCUT2D eigenvalue weighted by Gasteiger charge is 2.19. The first-order valence-electron chi connectivity index (χ1n) is 6.31. The van der Waals surface area contributed by atoms with E-state index in [9.17, 15) is 5.11 Å². The van der Waals surface area contributed by atoms with Gasteiger partial charge in [0.2, 0.25) is 0 Å². The normalized spacial score (nSPS) is 10.8. The van der Waals surface area contributed by atoms with Crippen molar-refractivity contribution in [3.8, 4) is 22.6 Å². The van der Waals surface area contributed by atoms with Crippen LogP contribution in [0.25, 0.3) is 22.6 Å². The van der Waals surface area contributed by atoms with Crippen molar-refractivity contribution in [3.05, 3.63) is 63.6 Å². The summed E-state index contributed by atoms with van der Waals surface area (Å²) in [5, 5.41) is 14.4. The Bertz CT molecular complexity index is 785. The van der Waals surface area contributed by atoms with E-state index in [1.54, 1.807) is 6.07 Å². The van der Waals surface area contributed by atoms with Crippen molar-refractivity contribution in [2.75, 3.05) is 0 Å². The molecule has 21 heavy (non-hydrogen) atoms. The molecule has 1 heterocycles. The number of hydrogen-bond donors (Lipinski definition) is 1. The van der Waals surface area contributed by atoms with Crippen LogP contribution in [0.2, 0.25) is 5.02 Å². The van der Waals surface area contributed by atoms with Crippen LogP contribution < -0.4 is 0 Å². The number of nitrogens with zero attached hydrogens (tertiary/aromatic N) is 1. The maximum Gasteiger partial charge on any atom is 0.173 e. The average Bonchev–Trinajstić information content (AvgIpc) is 2.91. The van der Waals surface area contributed by atoms with Crippen molar-refractivity contribution in [2.45, 2.75) is 6.61 Å². The van der Waals surface area contributed by atoms with Gasteiger partial charge in [0, 0.05) is 15.6 Å². The van der Waals surface area contributed by atoms with E-state index in [4.69, 9.17) is 16.1 Å². The molecule has 106 valence electrons. The molecule has 2 aromatic carbocycles. The quantitative estimate of drug-likeness (QED) is 0.718. The van der Waals surface area contributed by atoms with Crippen LogP contribution in [-0.2, 0) is 6.61 Å². The van der Waals surface area contributed by atoms with Crippen molar-refractivity contribution >= 4 is 27.5 Å². The van der Waals surface area contributed by atoms with Crippen LogP contribution >= 0.6 is 27.5 Å². The second-order valence-corrected chi connectivity index (χ2v) is 5.81. The SMILES string of the molecule is OCc1c(-c2ccccc2Cl)noc1-c1cccc(Br)c1. The van der Waals surface area contributed by atoms with Crippen molar-refractivity contribution in [1.29, 1.82) is 0 Å². The van der Waals surface area contributed by atoms with Gasteiger partial charge in [0.15, 0.2) is 5.76 Å². The van der Waals surface area contributed by atoms with Crippen LogP contribution in [-0.4, -0.2) is 10.3 Å². The van der Waals surface area contributed by atoms with E-state index < -0.39 is 0 Å². The van der Waals surface area contributed by atoms with Gasteiger partial charge in [-0.3, -0.25) is 0 Å². The summed E-state index contributed by atoms with van der Waals surface area (Å²) in [5.41, 5.74) is 2.78. The standard InChI is InChI=1S/C16H11BrClNO2/c17-11-5-3-4-10(8-11)16-13(9-20)15(19-21-16)12-6-1-2-7-14(12)18/h1-8,20H,9H2. The monoisotopic (exact) mass is 363 g/mol. The van der Waals surface area contributed by atoms with E-state index in [1.807, 2.05) is 42.5 Å². The third-order valence-electron chi connectivity index (χ3n) is 3.16. The first-order valence-corrected chi connectivity index (χ1v) is 7.48. The van der Waals surface area contributed by atoms with Crippen molar-refractivity contribution < 1.29 is 9.63 Å². The van der Waals surface area contributed by atoms with Crippen LogP contribution in [0, 0.1) is 0 Å². The van der Waals surface area contributed by atoms with Crippen LogP contribution in [0.15, 0.2) is 57.5 Å². The van der Waals surface area contributed by atoms with Crippen LogP contribution in [0.4, 0.5) is 0 Å². The number of benzene rings is 2. The largest absolute Gasteiger partial charge is 0.391 e. The lowest BCUT2D eigenvalue weighted by Crippen LogP contribution is -1.89. The van der Waals surface area contributed by atoms with Gasteiger partial charge in [-0.2, -0.15) is 0 Å². The minimum absolute atomic E-state index is 0.175. The van der Waals surface area contributed by atoms with E-state index in [0.717, 1.165) is 15.6 Å². The third-order valence-corrected chi connectivity index (χ3v) is 3.98. The van der Waals surface area contributed by atoms with E-state index in [2.05, 4.69) is 21.1 Å². The molecule has 3 rings (SSSR count). The fourth-order valence-electron chi connectivity index (χ4n) is 2.18. The lowest BCUT2D eigenvalue weighted by Gasteiger charge is -2.03. The molecule has 3 aromatic rings. The molecule has 0 fully saturated rings. The maximum atomic E-state index is 9.72. The highest BCUT2D eigenvalue weighted by molar-refractivity contribution is 9.10. The lowest BCUT2D eigenvalue weighted by atomic mass is 10.0. The molecule has 0 saturated carbocycles. The number of aromatic nitrogens is 1. The first-order chi connectivity index (χ1) is 10.2. The summed E-state index contributed by atoms with van der Waals surface area (Å²) in [6, 6.07) is 15.0. The molecule has 3 nitrogen and oxygen atoms in total. The van der Waals surface area contributed by atoms with E-state index in [1.165, 1.54) is 0 Å². The summed E-state index contributed by atoms with van der Waals surface area (Å²) in [7, 11) is 0. The molecule has 1 N–H and O–H groups in total. The number of halogens is 2. The van der Waals surface area contributed by atoms with Gasteiger partial charge < -0.3 is 9.63 Å². The van der Waals surface area contributed by atoms with Crippen molar-refractivity contribution in [1.82, 2.24) is 5.16 Å². The van der Waals surface area contributed by atoms with Gasteiger partial charge in [0.05, 0.1) is 17.2 Å². The summed E-state index contributed by atoms with van der Waals surface area (Å²) in [5.74, 6) is 0.550. The predicted molar refractivity (Wildman–Crippen MR) is 86.0 cm³/mol. The Morgan fingerprint density at radius 2 is 1.95 bits per heavy atom. The Balaban J connectivity index is 2.16. The summed E-state index contributed by atoms with van der Waals surface area (Å²) in [4.78, 5) is 0. The minimum Gasteiger partial charge on any atom is -0.391 e. The Morgan fingerprint density at radius 3 is 2.67 bits per heavy atom. The molecule has 0 bridgehead atoms. The highest BCUT2D eigenvalue weighted by atomic mass is 79.9. The summed E-state index contributed by atoms with van der Waals surface area (Å²) >= 11 is 9.62. The topological polar surface area (TPSA) is 46.3 Å². The highest BCUT2D eigenvalue weighted by Crippen LogP contribution is 2.35. The third kappa shape index (κ3) is 2.75. The summed E-state index contributed by atoms with van der Waals surface area (Å²) in [6.07, 6.45) is 0. The molecule has 0 atom stereocenters. The van der Waals surface area contributed by atoms with Crippen LogP contribution in [0.3, 0.4) is 0 Å². The summed E-state index contributed by atoms with van der Waals surface area (Å²) < 4.78 is 6.38. The van der Waals surface area contributed by atoms with Gasteiger partial charge in [-0.25, -0.2) is 0 Å². The van der Waals surface area contributed by atoms with E-state index in [-0.39, 0.29) is 6.61 Å². The van der Waals surface area contributed by atoms with Gasteiger partial charge in [-0.15, -0.1) is 0 Å². The fourth-order valence-corrected chi connectivity index (χ4v) is 2.80. The molecule has 0 radical (unpaired) electrons. The van der Waals surface area contributed by atoms with Crippen molar-refractivity contribution in [3.63, 3.8) is 0 Å². The number of hydrogen-bond acceptors (Lipinski definition) is 3. The van der Waals surface area contributed by atoms with Crippen LogP contribution in [0.1, 0.15) is 5.56 Å². The van der Waals surface area contributed by atoms with Gasteiger partial charge in [-0.05, 0) is 18.2 Å². The second-order valence-electron chi connectivity index (χ2n) is 4.49. The molecule has 0 aliphatic rings. The summed E-state index contributed by atoms with van der Waals surface area (Å²) in [6.45, 7) is -0.175. The van der Waals surface area contributed by atoms with Crippen molar-refractivity contribution in [2.24, 2.45) is 0 Å². The van der Waals surface area contributed by atoms with Gasteiger partial charge in [0.25, 0.3) is 0 Å². The molecule has 1 aromatic heterocycles. The Morgan fingerprint density at radius 1 is 1.14 bits per heavy atom. The van der Waals surface area contributed by atoms with E-state index >= 15 is 0 Å². The number of aliphatic hydroxyl groups excluding tert-OH is 1. The van der Waals surface area contributed by atoms with Gasteiger partial charge in [0.1, 0.15) is 5.69 Å². The zero-order chi connectivity index (χ0) is 14.8. The molecule has 0 aliphatic heterocycles. The number of aliphatic hydroxyl groups is 1. The molecule has 0 aliphatic carbocycles.